The van der Waals surface area contributed by atoms with E-state index in [-0.39, 0.29) is 13.0 Å². The summed E-state index contributed by atoms with van der Waals surface area (Å²) in [7, 11) is 0. The third-order valence-electron chi connectivity index (χ3n) is 2.03. The standard InChI is InChI=1S/C15H26O5/c1-14(2,3)19-12(17)11(9-7-8-10-16)13(18)20-15(4,5)6/h7-8,11,16H,9-10H2,1-6H3/b8-7+. The average Bonchev–Trinajstić information content (AvgIpc) is 2.18. The molecule has 5 nitrogen and oxygen atoms in total. The van der Waals surface area contributed by atoms with E-state index in [4.69, 9.17) is 14.6 Å². The maximum Gasteiger partial charge on any atom is 0.321 e. The van der Waals surface area contributed by atoms with Crippen LogP contribution in [0, 0.1) is 5.92 Å². The van der Waals surface area contributed by atoms with Crippen LogP contribution in [0.4, 0.5) is 0 Å². The molecule has 0 heterocycles. The van der Waals surface area contributed by atoms with Crippen LogP contribution in [0.1, 0.15) is 48.0 Å². The number of ether oxygens (including phenoxy) is 2. The first-order chi connectivity index (χ1) is 8.96. The summed E-state index contributed by atoms with van der Waals surface area (Å²) in [6, 6.07) is 0. The summed E-state index contributed by atoms with van der Waals surface area (Å²) in [6.07, 6.45) is 3.19. The molecule has 0 spiro atoms. The highest BCUT2D eigenvalue weighted by atomic mass is 16.6. The summed E-state index contributed by atoms with van der Waals surface area (Å²) in [5.41, 5.74) is -1.34. The Morgan fingerprint density at radius 1 is 0.950 bits per heavy atom. The van der Waals surface area contributed by atoms with Crippen LogP contribution in [0.15, 0.2) is 12.2 Å². The van der Waals surface area contributed by atoms with E-state index in [9.17, 15) is 9.59 Å². The summed E-state index contributed by atoms with van der Waals surface area (Å²) in [5, 5.41) is 8.71. The van der Waals surface area contributed by atoms with Crippen molar-refractivity contribution in [3.8, 4) is 0 Å². The van der Waals surface area contributed by atoms with Gasteiger partial charge in [-0.2, -0.15) is 0 Å². The van der Waals surface area contributed by atoms with Gasteiger partial charge in [-0.15, -0.1) is 0 Å². The van der Waals surface area contributed by atoms with Gasteiger partial charge in [0, 0.05) is 0 Å². The van der Waals surface area contributed by atoms with E-state index in [1.54, 1.807) is 47.6 Å². The fourth-order valence-electron chi connectivity index (χ4n) is 1.34. The molecule has 5 heteroatoms. The average molecular weight is 286 g/mol. The maximum absolute atomic E-state index is 12.1. The largest absolute Gasteiger partial charge is 0.459 e. The Balaban J connectivity index is 4.93. The van der Waals surface area contributed by atoms with Gasteiger partial charge in [0.05, 0.1) is 6.61 Å². The molecule has 20 heavy (non-hydrogen) atoms. The SMILES string of the molecule is CC(C)(C)OC(=O)C(C/C=C/CO)C(=O)OC(C)(C)C. The first kappa shape index (κ1) is 18.6. The molecule has 0 unspecified atom stereocenters. The number of hydrogen-bond donors (Lipinski definition) is 1. The van der Waals surface area contributed by atoms with Gasteiger partial charge in [0.25, 0.3) is 0 Å². The molecule has 0 fully saturated rings. The van der Waals surface area contributed by atoms with E-state index in [0.29, 0.717) is 0 Å². The van der Waals surface area contributed by atoms with E-state index >= 15 is 0 Å². The molecule has 116 valence electrons. The zero-order chi connectivity index (χ0) is 16.0. The Morgan fingerprint density at radius 3 is 1.65 bits per heavy atom. The van der Waals surface area contributed by atoms with Crippen molar-refractivity contribution in [1.29, 1.82) is 0 Å². The van der Waals surface area contributed by atoms with Gasteiger partial charge >= 0.3 is 11.9 Å². The molecule has 0 aliphatic heterocycles. The second-order valence-electron chi connectivity index (χ2n) is 6.51. The lowest BCUT2D eigenvalue weighted by Crippen LogP contribution is -2.36. The molecule has 0 saturated carbocycles. The minimum atomic E-state index is -1.02. The summed E-state index contributed by atoms with van der Waals surface area (Å²) >= 11 is 0. The van der Waals surface area contributed by atoms with Crippen molar-refractivity contribution in [3.63, 3.8) is 0 Å². The molecule has 0 rings (SSSR count). The zero-order valence-electron chi connectivity index (χ0n) is 13.2. The molecule has 0 atom stereocenters. The lowest BCUT2D eigenvalue weighted by atomic mass is 10.0. The minimum absolute atomic E-state index is 0.143. The molecule has 0 aliphatic rings. The van der Waals surface area contributed by atoms with Crippen LogP contribution in [0.3, 0.4) is 0 Å². The number of aliphatic hydroxyl groups excluding tert-OH is 1. The van der Waals surface area contributed by atoms with Gasteiger partial charge in [0.15, 0.2) is 5.92 Å². The Hall–Kier alpha value is -1.36. The van der Waals surface area contributed by atoms with Crippen molar-refractivity contribution in [3.05, 3.63) is 12.2 Å². The quantitative estimate of drug-likeness (QED) is 0.476. The summed E-state index contributed by atoms with van der Waals surface area (Å²) < 4.78 is 10.5. The number of aliphatic hydroxyl groups is 1. The molecule has 0 aromatic carbocycles. The monoisotopic (exact) mass is 286 g/mol. The van der Waals surface area contributed by atoms with Crippen LogP contribution in [-0.2, 0) is 19.1 Å². The van der Waals surface area contributed by atoms with Gasteiger partial charge in [-0.1, -0.05) is 12.2 Å². The predicted molar refractivity (Wildman–Crippen MR) is 76.0 cm³/mol. The molecular weight excluding hydrogens is 260 g/mol. The Bertz CT molecular complexity index is 329. The third-order valence-corrected chi connectivity index (χ3v) is 2.03. The van der Waals surface area contributed by atoms with Crippen molar-refractivity contribution in [2.45, 2.75) is 59.2 Å². The lowest BCUT2D eigenvalue weighted by Gasteiger charge is -2.25. The Kier molecular flexibility index (Phi) is 6.92. The van der Waals surface area contributed by atoms with Gasteiger partial charge < -0.3 is 14.6 Å². The van der Waals surface area contributed by atoms with Crippen molar-refractivity contribution in [1.82, 2.24) is 0 Å². The highest BCUT2D eigenvalue weighted by Crippen LogP contribution is 2.19. The number of allylic oxidation sites excluding steroid dienone is 1. The molecule has 0 aliphatic carbocycles. The minimum Gasteiger partial charge on any atom is -0.459 e. The van der Waals surface area contributed by atoms with Crippen molar-refractivity contribution in [2.24, 2.45) is 5.92 Å². The number of carbonyl (C=O) groups excluding carboxylic acids is 2. The second-order valence-corrected chi connectivity index (χ2v) is 6.51. The maximum atomic E-state index is 12.1. The molecule has 0 amide bonds. The fraction of sp³-hybridized carbons (Fsp3) is 0.733. The van der Waals surface area contributed by atoms with Gasteiger partial charge in [-0.05, 0) is 48.0 Å². The van der Waals surface area contributed by atoms with E-state index in [1.165, 1.54) is 6.08 Å². The second kappa shape index (κ2) is 7.43. The first-order valence-electron chi connectivity index (χ1n) is 6.68. The van der Waals surface area contributed by atoms with Crippen LogP contribution < -0.4 is 0 Å². The highest BCUT2D eigenvalue weighted by Gasteiger charge is 2.33. The molecule has 0 bridgehead atoms. The van der Waals surface area contributed by atoms with Crippen molar-refractivity contribution < 1.29 is 24.2 Å². The van der Waals surface area contributed by atoms with Gasteiger partial charge in [0.2, 0.25) is 0 Å². The lowest BCUT2D eigenvalue weighted by molar-refractivity contribution is -0.174. The predicted octanol–water partition coefficient (Wildman–Crippen LogP) is 2.22. The van der Waals surface area contributed by atoms with E-state index in [1.807, 2.05) is 0 Å². The molecule has 0 radical (unpaired) electrons. The molecule has 1 N–H and O–H groups in total. The normalized spacial score (nSPS) is 12.8. The van der Waals surface area contributed by atoms with E-state index < -0.39 is 29.1 Å². The number of rotatable bonds is 5. The summed E-state index contributed by atoms with van der Waals surface area (Å²) in [5.74, 6) is -2.25. The van der Waals surface area contributed by atoms with Crippen LogP contribution >= 0.6 is 0 Å². The van der Waals surface area contributed by atoms with Crippen LogP contribution in [0.2, 0.25) is 0 Å². The molecule has 0 aromatic rings. The summed E-state index contributed by atoms with van der Waals surface area (Å²) in [4.78, 5) is 24.1. The van der Waals surface area contributed by atoms with Gasteiger partial charge in [-0.3, -0.25) is 9.59 Å². The molecule has 0 aromatic heterocycles. The number of esters is 2. The van der Waals surface area contributed by atoms with E-state index in [2.05, 4.69) is 0 Å². The smallest absolute Gasteiger partial charge is 0.321 e. The third kappa shape index (κ3) is 8.69. The van der Waals surface area contributed by atoms with Crippen molar-refractivity contribution in [2.75, 3.05) is 6.61 Å². The first-order valence-corrected chi connectivity index (χ1v) is 6.68. The van der Waals surface area contributed by atoms with Crippen LogP contribution in [0.5, 0.6) is 0 Å². The van der Waals surface area contributed by atoms with Crippen molar-refractivity contribution >= 4 is 11.9 Å². The molecular formula is C15H26O5. The molecule has 0 saturated heterocycles. The zero-order valence-corrected chi connectivity index (χ0v) is 13.2. The van der Waals surface area contributed by atoms with Crippen LogP contribution in [-0.4, -0.2) is 34.9 Å². The van der Waals surface area contributed by atoms with Crippen LogP contribution in [0.25, 0.3) is 0 Å². The van der Waals surface area contributed by atoms with Gasteiger partial charge in [-0.25, -0.2) is 0 Å². The number of carbonyl (C=O) groups is 2. The Labute approximate surface area is 121 Å². The fourth-order valence-corrected chi connectivity index (χ4v) is 1.34. The topological polar surface area (TPSA) is 72.8 Å². The number of hydrogen-bond acceptors (Lipinski definition) is 5. The summed E-state index contributed by atoms with van der Waals surface area (Å²) in [6.45, 7) is 10.3. The van der Waals surface area contributed by atoms with Gasteiger partial charge in [0.1, 0.15) is 11.2 Å². The highest BCUT2D eigenvalue weighted by molar-refractivity contribution is 5.95. The Morgan fingerprint density at radius 2 is 1.35 bits per heavy atom. The van der Waals surface area contributed by atoms with E-state index in [0.717, 1.165) is 0 Å².